The summed E-state index contributed by atoms with van der Waals surface area (Å²) < 4.78 is 43.7. The van der Waals surface area contributed by atoms with Gasteiger partial charge in [0.1, 0.15) is 17.7 Å². The molecule has 2 aliphatic heterocycles. The zero-order valence-corrected chi connectivity index (χ0v) is 19.9. The van der Waals surface area contributed by atoms with Crippen LogP contribution in [0.1, 0.15) is 29.8 Å². The summed E-state index contributed by atoms with van der Waals surface area (Å²) in [6, 6.07) is 2.84. The van der Waals surface area contributed by atoms with E-state index in [1.165, 1.54) is 12.1 Å². The number of amides is 1. The summed E-state index contributed by atoms with van der Waals surface area (Å²) in [6.07, 6.45) is 2.72. The van der Waals surface area contributed by atoms with Crippen LogP contribution < -0.4 is 10.1 Å². The molecule has 1 N–H and O–H groups in total. The van der Waals surface area contributed by atoms with Crippen molar-refractivity contribution in [1.29, 1.82) is 0 Å². The highest BCUT2D eigenvalue weighted by molar-refractivity contribution is 7.91. The summed E-state index contributed by atoms with van der Waals surface area (Å²) in [4.78, 5) is 23.1. The van der Waals surface area contributed by atoms with Crippen LogP contribution in [0.25, 0.3) is 11.3 Å². The lowest BCUT2D eigenvalue weighted by Gasteiger charge is -2.22. The predicted octanol–water partition coefficient (Wildman–Crippen LogP) is 1.83. The second-order valence-electron chi connectivity index (χ2n) is 8.92. The first-order chi connectivity index (χ1) is 15.6. The third-order valence-corrected chi connectivity index (χ3v) is 7.99. The Labute approximate surface area is 193 Å². The monoisotopic (exact) mass is 476 g/mol. The number of ether oxygens (including phenoxy) is 1. The Morgan fingerprint density at radius 3 is 2.85 bits per heavy atom. The molecule has 0 aliphatic carbocycles. The molecule has 178 valence electrons. The van der Waals surface area contributed by atoms with E-state index in [1.54, 1.807) is 6.20 Å². The van der Waals surface area contributed by atoms with Crippen molar-refractivity contribution in [3.05, 3.63) is 41.1 Å². The van der Waals surface area contributed by atoms with E-state index in [0.717, 1.165) is 11.3 Å². The molecule has 10 heteroatoms. The Bertz CT molecular complexity index is 1170. The number of aryl methyl sites for hydroxylation is 2. The van der Waals surface area contributed by atoms with E-state index in [4.69, 9.17) is 4.74 Å². The maximum Gasteiger partial charge on any atom is 0.221 e. The van der Waals surface area contributed by atoms with Gasteiger partial charge in [-0.3, -0.25) is 9.78 Å². The number of rotatable bonds is 7. The van der Waals surface area contributed by atoms with Crippen LogP contribution in [-0.2, 0) is 21.1 Å². The topological polar surface area (TPSA) is 101 Å². The molecule has 8 nitrogen and oxygen atoms in total. The van der Waals surface area contributed by atoms with Gasteiger partial charge in [0.15, 0.2) is 9.84 Å². The maximum atomic E-state index is 14.3. The number of hydrogen-bond acceptors (Lipinski definition) is 7. The normalized spacial score (nSPS) is 21.1. The van der Waals surface area contributed by atoms with E-state index in [-0.39, 0.29) is 41.8 Å². The first-order valence-corrected chi connectivity index (χ1v) is 12.9. The van der Waals surface area contributed by atoms with E-state index < -0.39 is 9.84 Å². The van der Waals surface area contributed by atoms with Crippen LogP contribution in [-0.4, -0.2) is 73.0 Å². The highest BCUT2D eigenvalue weighted by Gasteiger charge is 2.31. The van der Waals surface area contributed by atoms with Crippen LogP contribution in [0.3, 0.4) is 0 Å². The van der Waals surface area contributed by atoms with Crippen LogP contribution in [0.2, 0.25) is 0 Å². The molecule has 2 aromatic rings. The van der Waals surface area contributed by atoms with Gasteiger partial charge < -0.3 is 15.0 Å². The zero-order chi connectivity index (χ0) is 23.8. The number of hydrogen-bond donors (Lipinski definition) is 1. The second kappa shape index (κ2) is 9.34. The number of aromatic nitrogens is 2. The molecule has 2 atom stereocenters. The Kier molecular flexibility index (Phi) is 6.67. The van der Waals surface area contributed by atoms with Crippen molar-refractivity contribution < 1.29 is 22.3 Å². The van der Waals surface area contributed by atoms with Gasteiger partial charge in [0.25, 0.3) is 0 Å². The highest BCUT2D eigenvalue weighted by atomic mass is 32.2. The first kappa shape index (κ1) is 23.6. The Balaban J connectivity index is 1.34. The van der Waals surface area contributed by atoms with Crippen molar-refractivity contribution >= 4 is 15.7 Å². The number of benzene rings is 1. The minimum absolute atomic E-state index is 0.0306. The molecule has 1 amide bonds. The summed E-state index contributed by atoms with van der Waals surface area (Å²) in [6.45, 7) is 4.44. The SMILES string of the molecule is Cc1cnc(C)c(-c2cc(F)cc3c2OC(CNC(=O)CCN(C)C2CCS(=O)(=O)C2)C3)n1. The van der Waals surface area contributed by atoms with Crippen molar-refractivity contribution in [3.8, 4) is 17.0 Å². The van der Waals surface area contributed by atoms with Crippen molar-refractivity contribution in [3.63, 3.8) is 0 Å². The van der Waals surface area contributed by atoms with Gasteiger partial charge in [-0.2, -0.15) is 0 Å². The fraction of sp³-hybridized carbons (Fsp3) is 0.522. The molecule has 4 rings (SSSR count). The van der Waals surface area contributed by atoms with E-state index in [1.807, 2.05) is 25.8 Å². The number of nitrogens with zero attached hydrogens (tertiary/aromatic N) is 3. The van der Waals surface area contributed by atoms with Crippen molar-refractivity contribution in [1.82, 2.24) is 20.2 Å². The lowest BCUT2D eigenvalue weighted by Crippen LogP contribution is -2.38. The predicted molar refractivity (Wildman–Crippen MR) is 122 cm³/mol. The van der Waals surface area contributed by atoms with Gasteiger partial charge in [0, 0.05) is 42.8 Å². The summed E-state index contributed by atoms with van der Waals surface area (Å²) >= 11 is 0. The minimum Gasteiger partial charge on any atom is -0.487 e. The number of fused-ring (bicyclic) bond motifs is 1. The molecule has 1 aromatic heterocycles. The molecule has 33 heavy (non-hydrogen) atoms. The van der Waals surface area contributed by atoms with E-state index in [9.17, 15) is 17.6 Å². The van der Waals surface area contributed by atoms with Crippen LogP contribution in [0.4, 0.5) is 4.39 Å². The average Bonchev–Trinajstić information content (AvgIpc) is 3.34. The van der Waals surface area contributed by atoms with E-state index >= 15 is 0 Å². The molecule has 0 radical (unpaired) electrons. The summed E-state index contributed by atoms with van der Waals surface area (Å²) in [5, 5.41) is 2.89. The molecular weight excluding hydrogens is 447 g/mol. The van der Waals surface area contributed by atoms with Crippen LogP contribution in [0.5, 0.6) is 5.75 Å². The zero-order valence-electron chi connectivity index (χ0n) is 19.1. The third kappa shape index (κ3) is 5.50. The molecule has 0 spiro atoms. The van der Waals surface area contributed by atoms with Crippen LogP contribution in [0, 0.1) is 19.7 Å². The van der Waals surface area contributed by atoms with Gasteiger partial charge in [0.2, 0.25) is 5.91 Å². The van der Waals surface area contributed by atoms with Crippen molar-refractivity contribution in [2.75, 3.05) is 31.6 Å². The lowest BCUT2D eigenvalue weighted by molar-refractivity contribution is -0.121. The number of halogens is 1. The Morgan fingerprint density at radius 2 is 2.12 bits per heavy atom. The van der Waals surface area contributed by atoms with Crippen LogP contribution in [0.15, 0.2) is 18.3 Å². The molecule has 2 aliphatic rings. The summed E-state index contributed by atoms with van der Waals surface area (Å²) in [5.41, 5.74) is 3.32. The number of nitrogens with one attached hydrogen (secondary N) is 1. The molecule has 0 bridgehead atoms. The maximum absolute atomic E-state index is 14.3. The smallest absolute Gasteiger partial charge is 0.221 e. The molecule has 2 unspecified atom stereocenters. The molecule has 3 heterocycles. The molecule has 1 aromatic carbocycles. The van der Waals surface area contributed by atoms with Crippen molar-refractivity contribution in [2.45, 2.75) is 45.3 Å². The van der Waals surface area contributed by atoms with E-state index in [0.29, 0.717) is 48.6 Å². The van der Waals surface area contributed by atoms with Gasteiger partial charge in [0.05, 0.1) is 35.1 Å². The Hall–Kier alpha value is -2.59. The number of carbonyl (C=O) groups is 1. The van der Waals surface area contributed by atoms with Gasteiger partial charge in [-0.1, -0.05) is 0 Å². The standard InChI is InChI=1S/C23H29FN4O4S/c1-14-11-25-15(2)22(27-14)20-10-17(24)8-16-9-19(32-23(16)20)12-26-21(29)4-6-28(3)18-5-7-33(30,31)13-18/h8,10-11,18-19H,4-7,9,12-13H2,1-3H3,(H,26,29). The van der Waals surface area contributed by atoms with Gasteiger partial charge >= 0.3 is 0 Å². The van der Waals surface area contributed by atoms with Crippen LogP contribution >= 0.6 is 0 Å². The van der Waals surface area contributed by atoms with Gasteiger partial charge in [-0.15, -0.1) is 0 Å². The van der Waals surface area contributed by atoms with Gasteiger partial charge in [-0.25, -0.2) is 17.8 Å². The number of carbonyl (C=O) groups excluding carboxylic acids is 1. The average molecular weight is 477 g/mol. The highest BCUT2D eigenvalue weighted by Crippen LogP contribution is 2.39. The van der Waals surface area contributed by atoms with E-state index in [2.05, 4.69) is 15.3 Å². The summed E-state index contributed by atoms with van der Waals surface area (Å²) in [5.74, 6) is 0.457. The molecule has 0 saturated carbocycles. The molecule has 1 fully saturated rings. The third-order valence-electron chi connectivity index (χ3n) is 6.24. The largest absolute Gasteiger partial charge is 0.487 e. The summed E-state index contributed by atoms with van der Waals surface area (Å²) in [7, 11) is -1.10. The van der Waals surface area contributed by atoms with Gasteiger partial charge in [-0.05, 0) is 39.4 Å². The second-order valence-corrected chi connectivity index (χ2v) is 11.2. The fourth-order valence-corrected chi connectivity index (χ4v) is 6.18. The quantitative estimate of drug-likeness (QED) is 0.651. The lowest BCUT2D eigenvalue weighted by atomic mass is 10.0. The first-order valence-electron chi connectivity index (χ1n) is 11.1. The van der Waals surface area contributed by atoms with Crippen molar-refractivity contribution in [2.24, 2.45) is 0 Å². The number of sulfone groups is 1. The minimum atomic E-state index is -2.95. The Morgan fingerprint density at radius 1 is 1.33 bits per heavy atom. The fourth-order valence-electron chi connectivity index (χ4n) is 4.38. The molecule has 1 saturated heterocycles. The molecular formula is C23H29FN4O4S.